The molecule has 0 saturated carbocycles. The molecule has 2 heteroatoms. The van der Waals surface area contributed by atoms with E-state index in [1.54, 1.807) is 24.3 Å². The third-order valence-corrected chi connectivity index (χ3v) is 4.65. The Morgan fingerprint density at radius 2 is 1.12 bits per heavy atom. The zero-order chi connectivity index (χ0) is 17.2. The smallest absolute Gasteiger partial charge is 0.115 e. The summed E-state index contributed by atoms with van der Waals surface area (Å²) < 4.78 is 0. The highest BCUT2D eigenvalue weighted by Crippen LogP contribution is 2.51. The van der Waals surface area contributed by atoms with Gasteiger partial charge in [0.05, 0.1) is 0 Å². The number of hydrogen-bond donors (Lipinski definition) is 2. The van der Waals surface area contributed by atoms with Crippen molar-refractivity contribution in [2.24, 2.45) is 0 Å². The maximum Gasteiger partial charge on any atom is 0.115 e. The average Bonchev–Trinajstić information content (AvgIpc) is 2.61. The summed E-state index contributed by atoms with van der Waals surface area (Å²) in [5.41, 5.74) is 4.78. The molecule has 2 N–H and O–H groups in total. The van der Waals surface area contributed by atoms with Crippen molar-refractivity contribution in [1.82, 2.24) is 0 Å². The van der Waals surface area contributed by atoms with Crippen molar-refractivity contribution in [3.63, 3.8) is 0 Å². The van der Waals surface area contributed by atoms with Crippen molar-refractivity contribution in [2.45, 2.75) is 25.7 Å². The molecular formula is C22H22O2. The molecule has 0 amide bonds. The Balaban J connectivity index is 0.000000815. The van der Waals surface area contributed by atoms with Crippen LogP contribution in [0, 0.1) is 0 Å². The molecule has 0 saturated heterocycles. The lowest BCUT2D eigenvalue weighted by Crippen LogP contribution is -2.41. The fraction of sp³-hybridized carbons (Fsp3) is 0.182. The second kappa shape index (κ2) is 6.40. The van der Waals surface area contributed by atoms with Crippen LogP contribution in [0.15, 0.2) is 72.8 Å². The van der Waals surface area contributed by atoms with E-state index in [-0.39, 0.29) is 16.9 Å². The molecule has 1 aliphatic rings. The van der Waals surface area contributed by atoms with E-state index in [9.17, 15) is 10.2 Å². The Kier molecular flexibility index (Phi) is 4.30. The van der Waals surface area contributed by atoms with E-state index in [0.717, 1.165) is 17.5 Å². The monoisotopic (exact) mass is 318 g/mol. The fourth-order valence-corrected chi connectivity index (χ4v) is 3.54. The average molecular weight is 318 g/mol. The molecular weight excluding hydrogens is 296 g/mol. The Morgan fingerprint density at radius 1 is 0.667 bits per heavy atom. The molecule has 2 nitrogen and oxygen atoms in total. The van der Waals surface area contributed by atoms with E-state index < -0.39 is 0 Å². The number of phenols is 2. The van der Waals surface area contributed by atoms with Gasteiger partial charge in [-0.25, -0.2) is 0 Å². The number of benzene rings is 3. The minimum absolute atomic E-state index is 0.196. The van der Waals surface area contributed by atoms with Crippen LogP contribution in [-0.2, 0) is 11.8 Å². The fourth-order valence-electron chi connectivity index (χ4n) is 3.54. The summed E-state index contributed by atoms with van der Waals surface area (Å²) in [4.78, 5) is 0. The van der Waals surface area contributed by atoms with E-state index in [1.165, 1.54) is 11.1 Å². The van der Waals surface area contributed by atoms with Gasteiger partial charge in [0, 0.05) is 5.41 Å². The third kappa shape index (κ3) is 2.44. The molecule has 0 heterocycles. The quantitative estimate of drug-likeness (QED) is 0.697. The third-order valence-electron chi connectivity index (χ3n) is 4.65. The first-order valence-corrected chi connectivity index (χ1v) is 8.37. The Labute approximate surface area is 143 Å². The van der Waals surface area contributed by atoms with E-state index in [2.05, 4.69) is 24.3 Å². The van der Waals surface area contributed by atoms with Gasteiger partial charge in [0.25, 0.3) is 0 Å². The number of rotatable bonds is 2. The first kappa shape index (κ1) is 16.1. The maximum atomic E-state index is 9.58. The van der Waals surface area contributed by atoms with Gasteiger partial charge in [-0.3, -0.25) is 0 Å². The van der Waals surface area contributed by atoms with Crippen LogP contribution in [0.1, 0.15) is 36.1 Å². The van der Waals surface area contributed by atoms with Crippen molar-refractivity contribution in [3.8, 4) is 11.5 Å². The van der Waals surface area contributed by atoms with Gasteiger partial charge in [0.2, 0.25) is 0 Å². The van der Waals surface area contributed by atoms with Gasteiger partial charge in [0.1, 0.15) is 11.5 Å². The van der Waals surface area contributed by atoms with Gasteiger partial charge < -0.3 is 10.2 Å². The topological polar surface area (TPSA) is 40.5 Å². The van der Waals surface area contributed by atoms with E-state index in [0.29, 0.717) is 0 Å². The van der Waals surface area contributed by atoms with E-state index >= 15 is 0 Å². The maximum absolute atomic E-state index is 9.58. The van der Waals surface area contributed by atoms with Crippen LogP contribution < -0.4 is 0 Å². The van der Waals surface area contributed by atoms with Crippen LogP contribution in [0.3, 0.4) is 0 Å². The molecule has 0 aromatic heterocycles. The molecule has 4 rings (SSSR count). The van der Waals surface area contributed by atoms with Crippen LogP contribution in [0.25, 0.3) is 0 Å². The molecule has 0 unspecified atom stereocenters. The van der Waals surface area contributed by atoms with Crippen molar-refractivity contribution in [3.05, 3.63) is 95.1 Å². The molecule has 3 aromatic carbocycles. The lowest BCUT2D eigenvalue weighted by atomic mass is 9.57. The van der Waals surface area contributed by atoms with E-state index in [4.69, 9.17) is 0 Å². The molecule has 1 aliphatic carbocycles. The molecule has 0 fully saturated rings. The molecule has 0 bridgehead atoms. The second-order valence-electron chi connectivity index (χ2n) is 5.83. The predicted molar refractivity (Wildman–Crippen MR) is 97.6 cm³/mol. The number of phenolic OH excluding ortho intramolecular Hbond substituents is 2. The van der Waals surface area contributed by atoms with Gasteiger partial charge in [0.15, 0.2) is 0 Å². The SMILES string of the molecule is CC.Oc1ccc(C2(c3ccc(O)cc3)Cc3ccccc32)cc1. The molecule has 24 heavy (non-hydrogen) atoms. The number of fused-ring (bicyclic) bond motifs is 1. The first-order valence-electron chi connectivity index (χ1n) is 8.37. The Hall–Kier alpha value is -2.74. The Bertz CT molecular complexity index is 772. The molecule has 122 valence electrons. The van der Waals surface area contributed by atoms with Crippen molar-refractivity contribution in [2.75, 3.05) is 0 Å². The normalized spacial score (nSPS) is 13.9. The lowest BCUT2D eigenvalue weighted by Gasteiger charge is -2.45. The predicted octanol–water partition coefficient (Wildman–Crippen LogP) is 5.01. The minimum Gasteiger partial charge on any atom is -0.508 e. The molecule has 0 aliphatic heterocycles. The van der Waals surface area contributed by atoms with E-state index in [1.807, 2.05) is 38.1 Å². The summed E-state index contributed by atoms with van der Waals surface area (Å²) in [6.07, 6.45) is 0.929. The summed E-state index contributed by atoms with van der Waals surface area (Å²) in [7, 11) is 0. The van der Waals surface area contributed by atoms with Crippen molar-refractivity contribution < 1.29 is 10.2 Å². The molecule has 0 radical (unpaired) electrons. The van der Waals surface area contributed by atoms with Crippen molar-refractivity contribution >= 4 is 0 Å². The van der Waals surface area contributed by atoms with Crippen LogP contribution in [0.5, 0.6) is 11.5 Å². The van der Waals surface area contributed by atoms with Gasteiger partial charge >= 0.3 is 0 Å². The summed E-state index contributed by atoms with van der Waals surface area (Å²) in [5.74, 6) is 0.550. The minimum atomic E-state index is -0.196. The second-order valence-corrected chi connectivity index (χ2v) is 5.83. The van der Waals surface area contributed by atoms with Crippen LogP contribution in [-0.4, -0.2) is 10.2 Å². The van der Waals surface area contributed by atoms with Crippen molar-refractivity contribution in [1.29, 1.82) is 0 Å². The van der Waals surface area contributed by atoms with Crippen LogP contribution >= 0.6 is 0 Å². The lowest BCUT2D eigenvalue weighted by molar-refractivity contribution is 0.471. The summed E-state index contributed by atoms with van der Waals surface area (Å²) in [6.45, 7) is 4.00. The highest BCUT2D eigenvalue weighted by Gasteiger charge is 2.45. The van der Waals surface area contributed by atoms with Crippen LogP contribution in [0.4, 0.5) is 0 Å². The molecule has 0 atom stereocenters. The highest BCUT2D eigenvalue weighted by atomic mass is 16.3. The van der Waals surface area contributed by atoms with Gasteiger partial charge in [-0.15, -0.1) is 0 Å². The number of aromatic hydroxyl groups is 2. The summed E-state index contributed by atoms with van der Waals surface area (Å²) in [5, 5.41) is 19.2. The zero-order valence-electron chi connectivity index (χ0n) is 14.0. The number of hydrogen-bond acceptors (Lipinski definition) is 2. The van der Waals surface area contributed by atoms with Gasteiger partial charge in [-0.05, 0) is 52.9 Å². The highest BCUT2D eigenvalue weighted by molar-refractivity contribution is 5.61. The molecule has 3 aromatic rings. The summed E-state index contributed by atoms with van der Waals surface area (Å²) in [6, 6.07) is 23.3. The Morgan fingerprint density at radius 3 is 1.58 bits per heavy atom. The van der Waals surface area contributed by atoms with Crippen LogP contribution in [0.2, 0.25) is 0 Å². The zero-order valence-corrected chi connectivity index (χ0v) is 14.0. The largest absolute Gasteiger partial charge is 0.508 e. The summed E-state index contributed by atoms with van der Waals surface area (Å²) >= 11 is 0. The standard InChI is InChI=1S/C20H16O2.C2H6/c21-17-9-5-15(6-10-17)20(16-7-11-18(22)12-8-16)13-14-3-1-2-4-19(14)20;1-2/h1-12,21-22H,13H2;1-2H3. The first-order chi connectivity index (χ1) is 11.7. The molecule has 0 spiro atoms. The van der Waals surface area contributed by atoms with Gasteiger partial charge in [-0.2, -0.15) is 0 Å². The van der Waals surface area contributed by atoms with Gasteiger partial charge in [-0.1, -0.05) is 62.4 Å².